The molecule has 1 aromatic carbocycles. The topological polar surface area (TPSA) is 108 Å². The number of rotatable bonds is 5. The van der Waals surface area contributed by atoms with Gasteiger partial charge >= 0.3 is 12.1 Å². The zero-order valence-electron chi connectivity index (χ0n) is 13.5. The highest BCUT2D eigenvalue weighted by Gasteiger charge is 2.36. The number of esters is 1. The highest BCUT2D eigenvalue weighted by Crippen LogP contribution is 2.37. The van der Waals surface area contributed by atoms with Crippen LogP contribution < -0.4 is 5.32 Å². The van der Waals surface area contributed by atoms with Crippen molar-refractivity contribution >= 4 is 23.3 Å². The summed E-state index contributed by atoms with van der Waals surface area (Å²) < 4.78 is 49.2. The van der Waals surface area contributed by atoms with Crippen LogP contribution in [0.2, 0.25) is 0 Å². The zero-order chi connectivity index (χ0) is 19.5. The molecule has 1 amide bonds. The minimum atomic E-state index is -4.92. The van der Waals surface area contributed by atoms with Gasteiger partial charge in [-0.1, -0.05) is 0 Å². The molecule has 1 aliphatic rings. The molecule has 0 bridgehead atoms. The molecule has 1 N–H and O–H groups in total. The Hall–Kier alpha value is -2.69. The number of nitro groups is 1. The molecule has 0 radical (unpaired) electrons. The highest BCUT2D eigenvalue weighted by atomic mass is 19.4. The first-order chi connectivity index (χ1) is 12.1. The largest absolute Gasteiger partial charge is 0.451 e. The second kappa shape index (κ2) is 7.68. The Morgan fingerprint density at radius 3 is 2.65 bits per heavy atom. The average molecular weight is 376 g/mol. The standard InChI is InChI=1S/C15H15F3N2O6/c1-8(26-14(22)12-3-2-6-25-12)13(21)19-11-5-4-9(20(23)24)7-10(11)15(16,17)18/h4-5,7-8,12H,2-3,6H2,1H3,(H,19,21)/t8-,12-/m1/s1. The Balaban J connectivity index is 2.12. The SMILES string of the molecule is C[C@@H](OC(=O)[C@H]1CCCO1)C(=O)Nc1ccc([N+](=O)[O-])cc1C(F)(F)F. The van der Waals surface area contributed by atoms with Crippen molar-refractivity contribution in [2.75, 3.05) is 11.9 Å². The van der Waals surface area contributed by atoms with Crippen LogP contribution in [0.5, 0.6) is 0 Å². The van der Waals surface area contributed by atoms with Crippen molar-refractivity contribution in [2.24, 2.45) is 0 Å². The number of halogens is 3. The van der Waals surface area contributed by atoms with Crippen LogP contribution in [0, 0.1) is 10.1 Å². The van der Waals surface area contributed by atoms with Crippen molar-refractivity contribution in [3.63, 3.8) is 0 Å². The Labute approximate surface area is 145 Å². The summed E-state index contributed by atoms with van der Waals surface area (Å²) in [6.45, 7) is 1.58. The van der Waals surface area contributed by atoms with E-state index in [1.807, 2.05) is 5.32 Å². The first-order valence-corrected chi connectivity index (χ1v) is 7.58. The van der Waals surface area contributed by atoms with E-state index in [0.717, 1.165) is 12.1 Å². The van der Waals surface area contributed by atoms with E-state index in [9.17, 15) is 32.9 Å². The second-order valence-electron chi connectivity index (χ2n) is 5.55. The number of nitrogens with zero attached hydrogens (tertiary/aromatic N) is 1. The molecular weight excluding hydrogens is 361 g/mol. The van der Waals surface area contributed by atoms with Gasteiger partial charge in [0.05, 0.1) is 16.2 Å². The molecule has 0 aromatic heterocycles. The molecule has 1 aliphatic heterocycles. The van der Waals surface area contributed by atoms with Crippen LogP contribution in [0.15, 0.2) is 18.2 Å². The van der Waals surface area contributed by atoms with E-state index in [0.29, 0.717) is 25.5 Å². The quantitative estimate of drug-likeness (QED) is 0.481. The maximum Gasteiger partial charge on any atom is 0.418 e. The number of benzene rings is 1. The number of carbonyl (C=O) groups is 2. The van der Waals surface area contributed by atoms with Gasteiger partial charge in [0, 0.05) is 18.7 Å². The Bertz CT molecular complexity index is 716. The van der Waals surface area contributed by atoms with Crippen molar-refractivity contribution in [3.05, 3.63) is 33.9 Å². The Morgan fingerprint density at radius 2 is 2.12 bits per heavy atom. The number of anilines is 1. The molecule has 2 atom stereocenters. The number of nitrogens with one attached hydrogen (secondary N) is 1. The summed E-state index contributed by atoms with van der Waals surface area (Å²) >= 11 is 0. The molecule has 142 valence electrons. The third-order valence-corrected chi connectivity index (χ3v) is 3.63. The third kappa shape index (κ3) is 4.69. The first kappa shape index (κ1) is 19.6. The fourth-order valence-electron chi connectivity index (χ4n) is 2.29. The maximum absolute atomic E-state index is 13.1. The Kier molecular flexibility index (Phi) is 5.80. The van der Waals surface area contributed by atoms with E-state index >= 15 is 0 Å². The van der Waals surface area contributed by atoms with Crippen molar-refractivity contribution in [2.45, 2.75) is 38.1 Å². The molecule has 1 heterocycles. The molecule has 0 aliphatic carbocycles. The van der Waals surface area contributed by atoms with Crippen molar-refractivity contribution in [3.8, 4) is 0 Å². The van der Waals surface area contributed by atoms with Gasteiger partial charge in [-0.2, -0.15) is 13.2 Å². The highest BCUT2D eigenvalue weighted by molar-refractivity contribution is 5.96. The molecule has 1 fully saturated rings. The number of hydrogen-bond donors (Lipinski definition) is 1. The summed E-state index contributed by atoms with van der Waals surface area (Å²) in [6.07, 6.45) is -5.99. The van der Waals surface area contributed by atoms with Gasteiger partial charge < -0.3 is 14.8 Å². The molecular formula is C15H15F3N2O6. The van der Waals surface area contributed by atoms with Crippen LogP contribution in [0.4, 0.5) is 24.5 Å². The monoisotopic (exact) mass is 376 g/mol. The molecule has 26 heavy (non-hydrogen) atoms. The summed E-state index contributed by atoms with van der Waals surface area (Å²) in [5, 5.41) is 12.6. The number of non-ortho nitro benzene ring substituents is 1. The number of amides is 1. The van der Waals surface area contributed by atoms with Gasteiger partial charge in [-0.15, -0.1) is 0 Å². The van der Waals surface area contributed by atoms with E-state index in [1.54, 1.807) is 0 Å². The van der Waals surface area contributed by atoms with Gasteiger partial charge in [0.15, 0.2) is 12.2 Å². The molecule has 0 unspecified atom stereocenters. The number of nitro benzene ring substituents is 1. The minimum absolute atomic E-state index is 0.318. The summed E-state index contributed by atoms with van der Waals surface area (Å²) in [6, 6.07) is 1.92. The van der Waals surface area contributed by atoms with Crippen LogP contribution in [-0.4, -0.2) is 35.6 Å². The van der Waals surface area contributed by atoms with Crippen LogP contribution in [-0.2, 0) is 25.2 Å². The lowest BCUT2D eigenvalue weighted by Gasteiger charge is -2.18. The van der Waals surface area contributed by atoms with Crippen LogP contribution >= 0.6 is 0 Å². The number of ether oxygens (including phenoxy) is 2. The van der Waals surface area contributed by atoms with E-state index in [4.69, 9.17) is 9.47 Å². The van der Waals surface area contributed by atoms with Crippen LogP contribution in [0.25, 0.3) is 0 Å². The Morgan fingerprint density at radius 1 is 1.42 bits per heavy atom. The van der Waals surface area contributed by atoms with Gasteiger partial charge in [0.2, 0.25) is 0 Å². The number of carbonyl (C=O) groups excluding carboxylic acids is 2. The summed E-state index contributed by atoms with van der Waals surface area (Å²) in [4.78, 5) is 33.5. The lowest BCUT2D eigenvalue weighted by Crippen LogP contribution is -2.34. The molecule has 11 heteroatoms. The zero-order valence-corrected chi connectivity index (χ0v) is 13.5. The summed E-state index contributed by atoms with van der Waals surface area (Å²) in [7, 11) is 0. The van der Waals surface area contributed by atoms with Crippen molar-refractivity contribution < 1.29 is 37.2 Å². The van der Waals surface area contributed by atoms with Gasteiger partial charge in [-0.25, -0.2) is 4.79 Å². The number of hydrogen-bond acceptors (Lipinski definition) is 6. The smallest absolute Gasteiger partial charge is 0.418 e. The van der Waals surface area contributed by atoms with E-state index in [1.165, 1.54) is 6.92 Å². The van der Waals surface area contributed by atoms with Crippen molar-refractivity contribution in [1.82, 2.24) is 0 Å². The van der Waals surface area contributed by atoms with Gasteiger partial charge in [0.1, 0.15) is 0 Å². The lowest BCUT2D eigenvalue weighted by molar-refractivity contribution is -0.385. The lowest BCUT2D eigenvalue weighted by atomic mass is 10.1. The molecule has 8 nitrogen and oxygen atoms in total. The van der Waals surface area contributed by atoms with Gasteiger partial charge in [0.25, 0.3) is 11.6 Å². The van der Waals surface area contributed by atoms with Gasteiger partial charge in [-0.05, 0) is 25.8 Å². The third-order valence-electron chi connectivity index (χ3n) is 3.63. The average Bonchev–Trinajstić information content (AvgIpc) is 3.08. The van der Waals surface area contributed by atoms with E-state index < -0.39 is 52.1 Å². The molecule has 0 saturated carbocycles. The predicted molar refractivity (Wildman–Crippen MR) is 81.3 cm³/mol. The minimum Gasteiger partial charge on any atom is -0.451 e. The number of alkyl halides is 3. The predicted octanol–water partition coefficient (Wildman–Crippen LogP) is 2.66. The van der Waals surface area contributed by atoms with Crippen molar-refractivity contribution in [1.29, 1.82) is 0 Å². The normalized spacial score (nSPS) is 18.2. The van der Waals surface area contributed by atoms with Gasteiger partial charge in [-0.3, -0.25) is 14.9 Å². The molecule has 1 aromatic rings. The van der Waals surface area contributed by atoms with Crippen LogP contribution in [0.1, 0.15) is 25.3 Å². The second-order valence-corrected chi connectivity index (χ2v) is 5.55. The first-order valence-electron chi connectivity index (χ1n) is 7.58. The summed E-state index contributed by atoms with van der Waals surface area (Å²) in [5.74, 6) is -1.78. The fourth-order valence-corrected chi connectivity index (χ4v) is 2.29. The fraction of sp³-hybridized carbons (Fsp3) is 0.467. The van der Waals surface area contributed by atoms with Crippen LogP contribution in [0.3, 0.4) is 0 Å². The molecule has 1 saturated heterocycles. The molecule has 2 rings (SSSR count). The maximum atomic E-state index is 13.1. The molecule has 0 spiro atoms. The summed E-state index contributed by atoms with van der Waals surface area (Å²) in [5.41, 5.74) is -2.82. The van der Waals surface area contributed by atoms with E-state index in [-0.39, 0.29) is 0 Å². The van der Waals surface area contributed by atoms with E-state index in [2.05, 4.69) is 0 Å².